The molecule has 0 radical (unpaired) electrons. The largest absolute Gasteiger partial charge is 1.00 e. The molecule has 3 rings (SSSR count). The van der Waals surface area contributed by atoms with Gasteiger partial charge in [0.15, 0.2) is 0 Å². The predicted molar refractivity (Wildman–Crippen MR) is 70.7 cm³/mol. The molecule has 0 saturated carbocycles. The molecule has 1 amide bonds. The molecule has 1 aromatic rings. The molecular formula is C15H17KN2O4. The number of ether oxygens (including phenoxy) is 1. The maximum Gasteiger partial charge on any atom is 1.00 e. The van der Waals surface area contributed by atoms with Crippen molar-refractivity contribution in [2.75, 3.05) is 19.7 Å². The molecule has 6 nitrogen and oxygen atoms in total. The molecule has 1 unspecified atom stereocenters. The van der Waals surface area contributed by atoms with E-state index in [1.165, 1.54) is 0 Å². The average Bonchev–Trinajstić information content (AvgIpc) is 3.17. The van der Waals surface area contributed by atoms with Crippen LogP contribution < -0.4 is 56.5 Å². The summed E-state index contributed by atoms with van der Waals surface area (Å²) in [6.45, 7) is 1.26. The first-order valence-electron chi connectivity index (χ1n) is 7.18. The molecule has 2 aliphatic heterocycles. The molecule has 0 aromatic carbocycles. The Morgan fingerprint density at radius 1 is 1.36 bits per heavy atom. The molecule has 0 N–H and O–H groups in total. The molecule has 2 aliphatic rings. The number of hydrogen-bond acceptors (Lipinski definition) is 5. The van der Waals surface area contributed by atoms with Crippen molar-refractivity contribution in [2.45, 2.75) is 18.9 Å². The normalized spacial score (nSPS) is 27.5. The standard InChI is InChI=1S/C15H18N2O4.K/c18-14(17-6-3-11(9-17)15(19)20)12-4-7-21-13(12)10-2-1-5-16-8-10;/h1-2,5,8,11-13H,3-4,6-7,9H2,(H,19,20);/q;+1/p-1/t11?,12-,13+;/m0./s1. The molecular weight excluding hydrogens is 311 g/mol. The molecule has 0 bridgehead atoms. The first-order valence-corrected chi connectivity index (χ1v) is 7.18. The zero-order valence-electron chi connectivity index (χ0n) is 12.6. The van der Waals surface area contributed by atoms with Crippen LogP contribution in [0.5, 0.6) is 0 Å². The Morgan fingerprint density at radius 2 is 2.18 bits per heavy atom. The van der Waals surface area contributed by atoms with E-state index >= 15 is 0 Å². The summed E-state index contributed by atoms with van der Waals surface area (Å²) < 4.78 is 5.69. The number of carboxylic acids is 1. The van der Waals surface area contributed by atoms with E-state index in [-0.39, 0.29) is 75.9 Å². The van der Waals surface area contributed by atoms with Crippen molar-refractivity contribution in [1.29, 1.82) is 0 Å². The average molecular weight is 328 g/mol. The van der Waals surface area contributed by atoms with Crippen LogP contribution in [0.15, 0.2) is 24.5 Å². The second-order valence-electron chi connectivity index (χ2n) is 5.56. The van der Waals surface area contributed by atoms with Gasteiger partial charge in [0.05, 0.1) is 12.0 Å². The van der Waals surface area contributed by atoms with Crippen molar-refractivity contribution in [2.24, 2.45) is 11.8 Å². The fraction of sp³-hybridized carbons (Fsp3) is 0.533. The van der Waals surface area contributed by atoms with Gasteiger partial charge in [-0.05, 0) is 24.5 Å². The summed E-state index contributed by atoms with van der Waals surface area (Å²) in [5.74, 6) is -1.90. The summed E-state index contributed by atoms with van der Waals surface area (Å²) in [6, 6.07) is 3.72. The molecule has 3 atom stereocenters. The van der Waals surface area contributed by atoms with Crippen molar-refractivity contribution in [3.63, 3.8) is 0 Å². The third-order valence-electron chi connectivity index (χ3n) is 4.26. The van der Waals surface area contributed by atoms with Crippen LogP contribution in [0.4, 0.5) is 0 Å². The third-order valence-corrected chi connectivity index (χ3v) is 4.26. The van der Waals surface area contributed by atoms with Crippen LogP contribution >= 0.6 is 0 Å². The van der Waals surface area contributed by atoms with E-state index in [1.807, 2.05) is 12.1 Å². The Bertz CT molecular complexity index is 540. The molecule has 0 aliphatic carbocycles. The molecule has 22 heavy (non-hydrogen) atoms. The Labute approximate surface area is 171 Å². The Balaban J connectivity index is 0.00000176. The predicted octanol–water partition coefficient (Wildman–Crippen LogP) is -3.24. The van der Waals surface area contributed by atoms with E-state index in [2.05, 4.69) is 4.98 Å². The summed E-state index contributed by atoms with van der Waals surface area (Å²) in [5, 5.41) is 10.9. The van der Waals surface area contributed by atoms with Crippen molar-refractivity contribution >= 4 is 11.9 Å². The minimum absolute atomic E-state index is 0. The van der Waals surface area contributed by atoms with Crippen LogP contribution in [0.25, 0.3) is 0 Å². The molecule has 112 valence electrons. The van der Waals surface area contributed by atoms with Crippen molar-refractivity contribution in [3.05, 3.63) is 30.1 Å². The molecule has 7 heteroatoms. The topological polar surface area (TPSA) is 82.6 Å². The van der Waals surface area contributed by atoms with Gasteiger partial charge in [-0.2, -0.15) is 0 Å². The number of likely N-dealkylation sites (tertiary alicyclic amines) is 1. The van der Waals surface area contributed by atoms with Gasteiger partial charge < -0.3 is 19.5 Å². The molecule has 3 heterocycles. The van der Waals surface area contributed by atoms with Gasteiger partial charge in [0.1, 0.15) is 0 Å². The fourth-order valence-corrected chi connectivity index (χ4v) is 3.10. The van der Waals surface area contributed by atoms with Crippen LogP contribution in [-0.4, -0.2) is 41.5 Å². The van der Waals surface area contributed by atoms with Crippen molar-refractivity contribution < 1.29 is 70.8 Å². The van der Waals surface area contributed by atoms with Crippen molar-refractivity contribution in [1.82, 2.24) is 9.88 Å². The molecule has 2 fully saturated rings. The summed E-state index contributed by atoms with van der Waals surface area (Å²) in [4.78, 5) is 29.2. The minimum Gasteiger partial charge on any atom is -0.550 e. The first-order chi connectivity index (χ1) is 10.2. The number of nitrogens with zero attached hydrogens (tertiary/aromatic N) is 2. The van der Waals surface area contributed by atoms with Gasteiger partial charge in [0.25, 0.3) is 0 Å². The number of carboxylic acid groups (broad SMARTS) is 1. The maximum absolute atomic E-state index is 12.6. The number of carbonyl (C=O) groups is 2. The van der Waals surface area contributed by atoms with Gasteiger partial charge in [-0.15, -0.1) is 0 Å². The number of amides is 1. The second-order valence-corrected chi connectivity index (χ2v) is 5.56. The van der Waals surface area contributed by atoms with Gasteiger partial charge in [-0.3, -0.25) is 9.78 Å². The van der Waals surface area contributed by atoms with Crippen LogP contribution in [0.3, 0.4) is 0 Å². The summed E-state index contributed by atoms with van der Waals surface area (Å²) in [5.41, 5.74) is 0.893. The maximum atomic E-state index is 12.6. The van der Waals surface area contributed by atoms with Gasteiger partial charge in [-0.1, -0.05) is 6.07 Å². The smallest absolute Gasteiger partial charge is 0.550 e. The summed E-state index contributed by atoms with van der Waals surface area (Å²) in [7, 11) is 0. The number of pyridine rings is 1. The third kappa shape index (κ3) is 3.77. The molecule has 1 aromatic heterocycles. The van der Waals surface area contributed by atoms with E-state index in [4.69, 9.17) is 4.74 Å². The van der Waals surface area contributed by atoms with E-state index in [0.29, 0.717) is 26.0 Å². The van der Waals surface area contributed by atoms with Crippen LogP contribution in [0.1, 0.15) is 24.5 Å². The number of aliphatic carboxylic acids is 1. The van der Waals surface area contributed by atoms with Gasteiger partial charge >= 0.3 is 51.4 Å². The van der Waals surface area contributed by atoms with E-state index in [0.717, 1.165) is 5.56 Å². The van der Waals surface area contributed by atoms with Crippen molar-refractivity contribution in [3.8, 4) is 0 Å². The number of rotatable bonds is 3. The number of carbonyl (C=O) groups excluding carboxylic acids is 2. The summed E-state index contributed by atoms with van der Waals surface area (Å²) >= 11 is 0. The van der Waals surface area contributed by atoms with E-state index < -0.39 is 11.9 Å². The second kappa shape index (κ2) is 7.98. The Hall–Kier alpha value is -0.314. The van der Waals surface area contributed by atoms with E-state index in [9.17, 15) is 14.7 Å². The minimum atomic E-state index is -1.07. The van der Waals surface area contributed by atoms with Gasteiger partial charge in [-0.25, -0.2) is 0 Å². The number of hydrogen-bond donors (Lipinski definition) is 0. The van der Waals surface area contributed by atoms with E-state index in [1.54, 1.807) is 17.3 Å². The Kier molecular flexibility index (Phi) is 6.54. The van der Waals surface area contributed by atoms with Crippen LogP contribution in [-0.2, 0) is 14.3 Å². The summed E-state index contributed by atoms with van der Waals surface area (Å²) in [6.07, 6.45) is 4.24. The van der Waals surface area contributed by atoms with Gasteiger partial charge in [0, 0.05) is 44.0 Å². The number of aromatic nitrogens is 1. The zero-order chi connectivity index (χ0) is 14.8. The fourth-order valence-electron chi connectivity index (χ4n) is 3.10. The monoisotopic (exact) mass is 328 g/mol. The van der Waals surface area contributed by atoms with Crippen LogP contribution in [0, 0.1) is 11.8 Å². The molecule has 2 saturated heterocycles. The SMILES string of the molecule is O=C([O-])C1CCN(C(=O)[C@H]2CCO[C@@H]2c2cccnc2)C1.[K+]. The Morgan fingerprint density at radius 3 is 2.82 bits per heavy atom. The quantitative estimate of drug-likeness (QED) is 0.545. The van der Waals surface area contributed by atoms with Crippen LogP contribution in [0.2, 0.25) is 0 Å². The van der Waals surface area contributed by atoms with Gasteiger partial charge in [0.2, 0.25) is 5.91 Å². The molecule has 0 spiro atoms. The first kappa shape index (κ1) is 18.0. The zero-order valence-corrected chi connectivity index (χ0v) is 15.7.